The third-order valence-electron chi connectivity index (χ3n) is 8.59. The number of pyridine rings is 2. The molecule has 0 unspecified atom stereocenters. The van der Waals surface area contributed by atoms with Crippen molar-refractivity contribution in [3.05, 3.63) is 74.8 Å². The largest absolute Gasteiger partial charge is 0.480 e. The van der Waals surface area contributed by atoms with E-state index in [9.17, 15) is 14.4 Å². The van der Waals surface area contributed by atoms with Gasteiger partial charge < -0.3 is 24.1 Å². The molecular weight excluding hydrogens is 706 g/mol. The number of carbonyl (C=O) groups is 3. The maximum atomic E-state index is 13.5. The van der Waals surface area contributed by atoms with Gasteiger partial charge in [0.15, 0.2) is 19.6 Å². The minimum absolute atomic E-state index is 0.0336. The van der Waals surface area contributed by atoms with E-state index in [4.69, 9.17) is 25.5 Å². The standard InChI is InChI=1S/C37H46ClN5O6SSi/c1-23-26(31-30(38)27(16-17-39-31)29-15-14-24(22-44)33(42-29)47-8)12-11-13-28(23)41-32(45)34-40-20-25(50-34)21-43(35(46)49-36(2,3)4)18-19-48-51(9,10)37(5,6)7/h11-17,20,22H,18-19,21H2,1-10H3,(H,41,45). The van der Waals surface area contributed by atoms with Gasteiger partial charge in [-0.1, -0.05) is 44.5 Å². The zero-order valence-corrected chi connectivity index (χ0v) is 33.4. The topological polar surface area (TPSA) is 133 Å². The van der Waals surface area contributed by atoms with Crippen molar-refractivity contribution < 1.29 is 28.3 Å². The Hall–Kier alpha value is -4.17. The van der Waals surface area contributed by atoms with Gasteiger partial charge in [0.1, 0.15) is 5.60 Å². The molecule has 0 atom stereocenters. The number of benzene rings is 1. The second kappa shape index (κ2) is 16.0. The van der Waals surface area contributed by atoms with Gasteiger partial charge >= 0.3 is 6.09 Å². The fraction of sp³-hybridized carbons (Fsp3) is 0.405. The minimum atomic E-state index is -2.02. The Morgan fingerprint density at radius 3 is 2.41 bits per heavy atom. The normalized spacial score (nSPS) is 12.0. The maximum Gasteiger partial charge on any atom is 0.410 e. The highest BCUT2D eigenvalue weighted by Gasteiger charge is 2.37. The van der Waals surface area contributed by atoms with E-state index in [2.05, 4.69) is 54.1 Å². The van der Waals surface area contributed by atoms with E-state index in [1.165, 1.54) is 18.4 Å². The number of halogens is 1. The molecular formula is C37H46ClN5O6SSi. The highest BCUT2D eigenvalue weighted by Crippen LogP contribution is 2.38. The second-order valence-corrected chi connectivity index (χ2v) is 20.8. The van der Waals surface area contributed by atoms with Gasteiger partial charge in [0.05, 0.1) is 42.2 Å². The molecule has 11 nitrogen and oxygen atoms in total. The molecule has 0 spiro atoms. The van der Waals surface area contributed by atoms with Gasteiger partial charge in [-0.25, -0.2) is 14.8 Å². The Balaban J connectivity index is 1.53. The molecule has 0 aliphatic heterocycles. The van der Waals surface area contributed by atoms with E-state index < -0.39 is 25.9 Å². The van der Waals surface area contributed by atoms with Crippen molar-refractivity contribution in [1.29, 1.82) is 0 Å². The number of rotatable bonds is 12. The predicted octanol–water partition coefficient (Wildman–Crippen LogP) is 9.06. The summed E-state index contributed by atoms with van der Waals surface area (Å²) in [6.07, 6.45) is 3.45. The lowest BCUT2D eigenvalue weighted by atomic mass is 10.0. The molecule has 1 N–H and O–H groups in total. The first-order valence-corrected chi connectivity index (χ1v) is 20.6. The summed E-state index contributed by atoms with van der Waals surface area (Å²) >= 11 is 8.10. The summed E-state index contributed by atoms with van der Waals surface area (Å²) in [7, 11) is -0.579. The molecule has 51 heavy (non-hydrogen) atoms. The number of carbonyl (C=O) groups excluding carboxylic acids is 3. The molecule has 0 aliphatic rings. The van der Waals surface area contributed by atoms with Crippen LogP contribution in [0.5, 0.6) is 5.88 Å². The summed E-state index contributed by atoms with van der Waals surface area (Å²) in [5, 5.41) is 3.60. The first-order chi connectivity index (χ1) is 23.8. The van der Waals surface area contributed by atoms with Crippen LogP contribution in [0.2, 0.25) is 23.2 Å². The van der Waals surface area contributed by atoms with Crippen LogP contribution in [0.1, 0.15) is 72.1 Å². The summed E-state index contributed by atoms with van der Waals surface area (Å²) in [6, 6.07) is 10.5. The molecule has 0 fully saturated rings. The zero-order chi connectivity index (χ0) is 37.7. The van der Waals surface area contributed by atoms with Crippen molar-refractivity contribution in [2.75, 3.05) is 25.6 Å². The number of hydrogen-bond donors (Lipinski definition) is 1. The SMILES string of the molecule is COc1nc(-c2ccnc(-c3cccc(NC(=O)c4ncc(CN(CCO[Si](C)(C)C(C)(C)C)C(=O)OC(C)(C)C)s4)c3C)c2Cl)ccc1C=O. The van der Waals surface area contributed by atoms with Crippen molar-refractivity contribution >= 4 is 55.2 Å². The minimum Gasteiger partial charge on any atom is -0.480 e. The first kappa shape index (κ1) is 39.6. The highest BCUT2D eigenvalue weighted by atomic mass is 35.5. The average molecular weight is 752 g/mol. The van der Waals surface area contributed by atoms with Crippen LogP contribution >= 0.6 is 22.9 Å². The summed E-state index contributed by atoms with van der Waals surface area (Å²) in [4.78, 5) is 53.7. The number of anilines is 1. The highest BCUT2D eigenvalue weighted by molar-refractivity contribution is 7.13. The van der Waals surface area contributed by atoms with Gasteiger partial charge in [0.2, 0.25) is 5.88 Å². The summed E-state index contributed by atoms with van der Waals surface area (Å²) in [6.45, 7) is 19.1. The van der Waals surface area contributed by atoms with Gasteiger partial charge in [0.25, 0.3) is 5.91 Å². The third kappa shape index (κ3) is 9.79. The first-order valence-electron chi connectivity index (χ1n) is 16.5. The second-order valence-electron chi connectivity index (χ2n) is 14.5. The van der Waals surface area contributed by atoms with Crippen LogP contribution in [0.25, 0.3) is 22.5 Å². The van der Waals surface area contributed by atoms with Gasteiger partial charge in [0, 0.05) is 40.6 Å². The summed E-state index contributed by atoms with van der Waals surface area (Å²) in [5.74, 6) is -0.202. The Bertz CT molecular complexity index is 1900. The fourth-order valence-electron chi connectivity index (χ4n) is 4.75. The van der Waals surface area contributed by atoms with Crippen molar-refractivity contribution in [3.63, 3.8) is 0 Å². The molecule has 4 aromatic rings. The molecule has 4 rings (SSSR count). The molecule has 2 amide bonds. The Morgan fingerprint density at radius 2 is 1.76 bits per heavy atom. The molecule has 0 saturated carbocycles. The number of amides is 2. The molecule has 0 saturated heterocycles. The van der Waals surface area contributed by atoms with Crippen LogP contribution in [0.3, 0.4) is 0 Å². The van der Waals surface area contributed by atoms with E-state index in [1.54, 1.807) is 47.6 Å². The molecule has 14 heteroatoms. The predicted molar refractivity (Wildman–Crippen MR) is 204 cm³/mol. The number of hydrogen-bond acceptors (Lipinski definition) is 10. The van der Waals surface area contributed by atoms with E-state index in [0.717, 1.165) is 10.4 Å². The number of aldehydes is 1. The van der Waals surface area contributed by atoms with Crippen molar-refractivity contribution in [2.45, 2.75) is 78.7 Å². The molecule has 0 radical (unpaired) electrons. The van der Waals surface area contributed by atoms with Crippen LogP contribution in [-0.2, 0) is 15.7 Å². The zero-order valence-electron chi connectivity index (χ0n) is 30.8. The lowest BCUT2D eigenvalue weighted by Gasteiger charge is -2.37. The van der Waals surface area contributed by atoms with Gasteiger partial charge in [-0.05, 0) is 75.7 Å². The smallest absolute Gasteiger partial charge is 0.410 e. The van der Waals surface area contributed by atoms with Crippen LogP contribution < -0.4 is 10.1 Å². The number of nitrogens with one attached hydrogen (secondary N) is 1. The molecule has 0 aliphatic carbocycles. The van der Waals surface area contributed by atoms with E-state index in [0.29, 0.717) is 58.2 Å². The van der Waals surface area contributed by atoms with Gasteiger partial charge in [-0.2, -0.15) is 0 Å². The lowest BCUT2D eigenvalue weighted by molar-refractivity contribution is 0.0207. The molecule has 272 valence electrons. The molecule has 3 heterocycles. The van der Waals surface area contributed by atoms with Crippen molar-refractivity contribution in [1.82, 2.24) is 19.9 Å². The number of thiazole rings is 1. The van der Waals surface area contributed by atoms with Crippen LogP contribution in [0.15, 0.2) is 48.8 Å². The lowest BCUT2D eigenvalue weighted by Crippen LogP contribution is -2.44. The number of nitrogens with zero attached hydrogens (tertiary/aromatic N) is 4. The quantitative estimate of drug-likeness (QED) is 0.111. The molecule has 1 aromatic carbocycles. The third-order valence-corrected chi connectivity index (χ3v) is 14.5. The summed E-state index contributed by atoms with van der Waals surface area (Å²) < 4.78 is 17.3. The van der Waals surface area contributed by atoms with E-state index >= 15 is 0 Å². The number of aromatic nitrogens is 3. The fourth-order valence-corrected chi connectivity index (χ4v) is 6.92. The van der Waals surface area contributed by atoms with Gasteiger partial charge in [-0.3, -0.25) is 14.6 Å². The Morgan fingerprint density at radius 1 is 1.04 bits per heavy atom. The summed E-state index contributed by atoms with van der Waals surface area (Å²) in [5.41, 5.74) is 3.29. The van der Waals surface area contributed by atoms with Crippen molar-refractivity contribution in [3.8, 4) is 28.4 Å². The van der Waals surface area contributed by atoms with E-state index in [1.807, 2.05) is 33.8 Å². The van der Waals surface area contributed by atoms with E-state index in [-0.39, 0.29) is 22.5 Å². The Kier molecular flexibility index (Phi) is 12.4. The van der Waals surface area contributed by atoms with Crippen LogP contribution in [0, 0.1) is 6.92 Å². The molecule has 3 aromatic heterocycles. The Labute approximate surface area is 309 Å². The molecule has 0 bridgehead atoms. The average Bonchev–Trinajstić information content (AvgIpc) is 3.52. The van der Waals surface area contributed by atoms with Gasteiger partial charge in [-0.15, -0.1) is 11.3 Å². The van der Waals surface area contributed by atoms with Crippen LogP contribution in [0.4, 0.5) is 10.5 Å². The monoisotopic (exact) mass is 751 g/mol. The number of methoxy groups -OCH3 is 1. The van der Waals surface area contributed by atoms with Crippen molar-refractivity contribution in [2.24, 2.45) is 0 Å². The number of ether oxygens (including phenoxy) is 2. The van der Waals surface area contributed by atoms with Crippen LogP contribution in [-0.4, -0.2) is 72.3 Å². The maximum absolute atomic E-state index is 13.5.